The van der Waals surface area contributed by atoms with Crippen molar-refractivity contribution in [1.29, 1.82) is 0 Å². The Kier molecular flexibility index (Phi) is 6.09. The maximum atomic E-state index is 12.5. The Morgan fingerprint density at radius 3 is 2.34 bits per heavy atom. The van der Waals surface area contributed by atoms with Crippen molar-refractivity contribution < 1.29 is 19.1 Å². The molecular weight excluding hydrogens is 394 g/mol. The molecule has 148 valence electrons. The summed E-state index contributed by atoms with van der Waals surface area (Å²) in [4.78, 5) is 35.8. The summed E-state index contributed by atoms with van der Waals surface area (Å²) in [6.45, 7) is 2.60. The first kappa shape index (κ1) is 20.3. The van der Waals surface area contributed by atoms with Crippen molar-refractivity contribution in [2.24, 2.45) is 0 Å². The van der Waals surface area contributed by atoms with Crippen molar-refractivity contribution in [3.8, 4) is 5.69 Å². The highest BCUT2D eigenvalue weighted by atomic mass is 35.5. The minimum Gasteiger partial charge on any atom is -0.454 e. The highest BCUT2D eigenvalue weighted by Crippen LogP contribution is 2.24. The average molecular weight is 412 g/mol. The summed E-state index contributed by atoms with van der Waals surface area (Å²) < 4.78 is 6.59. The molecule has 8 heteroatoms. The number of ether oxygens (including phenoxy) is 1. The Hall–Kier alpha value is -3.45. The van der Waals surface area contributed by atoms with Gasteiger partial charge in [0.25, 0.3) is 0 Å². The first-order valence-electron chi connectivity index (χ1n) is 8.75. The summed E-state index contributed by atoms with van der Waals surface area (Å²) in [7, 11) is 0. The Labute approximate surface area is 172 Å². The molecule has 2 aromatic carbocycles. The number of carbonyl (C=O) groups is 3. The van der Waals surface area contributed by atoms with E-state index < -0.39 is 12.6 Å². The number of aromatic nitrogens is 2. The maximum Gasteiger partial charge on any atom is 0.343 e. The third-order valence-electron chi connectivity index (χ3n) is 4.07. The van der Waals surface area contributed by atoms with E-state index in [0.717, 1.165) is 0 Å². The molecule has 0 aliphatic heterocycles. The van der Waals surface area contributed by atoms with Gasteiger partial charge in [-0.2, -0.15) is 5.10 Å². The molecule has 0 unspecified atom stereocenters. The lowest BCUT2D eigenvalue weighted by Crippen LogP contribution is -2.15. The van der Waals surface area contributed by atoms with Crippen molar-refractivity contribution in [3.05, 3.63) is 76.6 Å². The van der Waals surface area contributed by atoms with Crippen LogP contribution in [0.4, 0.5) is 5.69 Å². The second-order valence-corrected chi connectivity index (χ2v) is 6.61. The van der Waals surface area contributed by atoms with E-state index in [2.05, 4.69) is 10.4 Å². The lowest BCUT2D eigenvalue weighted by atomic mass is 10.1. The highest BCUT2D eigenvalue weighted by Gasteiger charge is 2.23. The second-order valence-electron chi connectivity index (χ2n) is 6.26. The first-order chi connectivity index (χ1) is 13.9. The number of hydrogen-bond donors (Lipinski definition) is 1. The molecule has 29 heavy (non-hydrogen) atoms. The number of para-hydroxylation sites is 1. The van der Waals surface area contributed by atoms with E-state index in [4.69, 9.17) is 16.3 Å². The fourth-order valence-corrected chi connectivity index (χ4v) is 3.05. The summed E-state index contributed by atoms with van der Waals surface area (Å²) >= 11 is 6.33. The van der Waals surface area contributed by atoms with Crippen LogP contribution in [0.5, 0.6) is 0 Å². The van der Waals surface area contributed by atoms with Crippen molar-refractivity contribution >= 4 is 34.9 Å². The molecule has 1 heterocycles. The number of halogens is 1. The zero-order valence-corrected chi connectivity index (χ0v) is 16.6. The van der Waals surface area contributed by atoms with E-state index in [-0.39, 0.29) is 22.4 Å². The first-order valence-corrected chi connectivity index (χ1v) is 9.13. The van der Waals surface area contributed by atoms with Gasteiger partial charge in [0.15, 0.2) is 12.4 Å². The molecule has 0 aliphatic carbocycles. The van der Waals surface area contributed by atoms with Crippen LogP contribution in [0.25, 0.3) is 5.69 Å². The van der Waals surface area contributed by atoms with Crippen LogP contribution in [0.3, 0.4) is 0 Å². The molecule has 0 spiro atoms. The third-order valence-corrected chi connectivity index (χ3v) is 4.42. The van der Waals surface area contributed by atoms with Gasteiger partial charge in [-0.1, -0.05) is 29.8 Å². The minimum absolute atomic E-state index is 0.115. The minimum atomic E-state index is -0.724. The number of Topliss-reactive ketones (excluding diaryl/α,β-unsaturated/α-hetero) is 1. The fourth-order valence-electron chi connectivity index (χ4n) is 2.70. The molecule has 3 rings (SSSR count). The number of amides is 1. The maximum absolute atomic E-state index is 12.5. The van der Waals surface area contributed by atoms with Crippen molar-refractivity contribution in [2.75, 3.05) is 11.9 Å². The molecule has 0 atom stereocenters. The Bertz CT molecular complexity index is 1060. The number of ketones is 1. The van der Waals surface area contributed by atoms with Gasteiger partial charge in [-0.05, 0) is 43.3 Å². The van der Waals surface area contributed by atoms with Gasteiger partial charge >= 0.3 is 5.97 Å². The molecule has 1 N–H and O–H groups in total. The van der Waals surface area contributed by atoms with E-state index >= 15 is 0 Å². The number of nitrogens with zero attached hydrogens (tertiary/aromatic N) is 2. The van der Waals surface area contributed by atoms with Crippen LogP contribution in [-0.2, 0) is 9.53 Å². The molecule has 0 saturated heterocycles. The summed E-state index contributed by atoms with van der Waals surface area (Å²) in [6, 6.07) is 15.4. The Balaban J connectivity index is 1.69. The number of carbonyl (C=O) groups excluding carboxylic acids is 3. The fraction of sp³-hybridized carbons (Fsp3) is 0.143. The van der Waals surface area contributed by atoms with Crippen LogP contribution >= 0.6 is 11.6 Å². The van der Waals surface area contributed by atoms with Crippen LogP contribution < -0.4 is 5.32 Å². The van der Waals surface area contributed by atoms with Gasteiger partial charge in [0.1, 0.15) is 10.7 Å². The van der Waals surface area contributed by atoms with Crippen molar-refractivity contribution in [2.45, 2.75) is 13.8 Å². The molecule has 0 aliphatic rings. The summed E-state index contributed by atoms with van der Waals surface area (Å²) in [5.41, 5.74) is 2.15. The molecule has 0 bridgehead atoms. The van der Waals surface area contributed by atoms with Gasteiger partial charge in [0.05, 0.1) is 11.4 Å². The van der Waals surface area contributed by atoms with Crippen LogP contribution in [0.2, 0.25) is 5.15 Å². The lowest BCUT2D eigenvalue weighted by molar-refractivity contribution is -0.114. The Morgan fingerprint density at radius 1 is 1.07 bits per heavy atom. The smallest absolute Gasteiger partial charge is 0.343 e. The zero-order valence-electron chi connectivity index (χ0n) is 15.8. The normalized spacial score (nSPS) is 10.4. The number of hydrogen-bond acceptors (Lipinski definition) is 5. The monoisotopic (exact) mass is 411 g/mol. The van der Waals surface area contributed by atoms with Gasteiger partial charge in [0, 0.05) is 18.2 Å². The topological polar surface area (TPSA) is 90.3 Å². The van der Waals surface area contributed by atoms with E-state index in [1.807, 2.05) is 30.3 Å². The predicted octanol–water partition coefficient (Wildman–Crippen LogP) is 3.83. The van der Waals surface area contributed by atoms with Gasteiger partial charge in [-0.3, -0.25) is 9.59 Å². The third kappa shape index (κ3) is 4.70. The molecular formula is C21H18ClN3O4. The SMILES string of the molecule is CC(=O)Nc1ccc(C(=O)COC(=O)c2c(C)nn(-c3ccccc3)c2Cl)cc1. The number of esters is 1. The lowest BCUT2D eigenvalue weighted by Gasteiger charge is -2.06. The standard InChI is InChI=1S/C21H18ClN3O4/c1-13-19(20(22)25(24-13)17-6-4-3-5-7-17)21(28)29-12-18(27)15-8-10-16(11-9-15)23-14(2)26/h3-11H,12H2,1-2H3,(H,23,26). The molecule has 0 saturated carbocycles. The van der Waals surface area contributed by atoms with E-state index in [1.165, 1.54) is 11.6 Å². The molecule has 1 aromatic heterocycles. The Morgan fingerprint density at radius 2 is 1.72 bits per heavy atom. The average Bonchev–Trinajstić information content (AvgIpc) is 3.01. The van der Waals surface area contributed by atoms with Gasteiger partial charge in [-0.15, -0.1) is 0 Å². The predicted molar refractivity (Wildman–Crippen MR) is 109 cm³/mol. The van der Waals surface area contributed by atoms with E-state index in [9.17, 15) is 14.4 Å². The quantitative estimate of drug-likeness (QED) is 0.491. The van der Waals surface area contributed by atoms with E-state index in [1.54, 1.807) is 31.2 Å². The molecule has 1 amide bonds. The highest BCUT2D eigenvalue weighted by molar-refractivity contribution is 6.33. The molecule has 0 radical (unpaired) electrons. The zero-order chi connectivity index (χ0) is 21.0. The van der Waals surface area contributed by atoms with Gasteiger partial charge in [-0.25, -0.2) is 9.48 Å². The molecule has 3 aromatic rings. The van der Waals surface area contributed by atoms with Gasteiger partial charge < -0.3 is 10.1 Å². The summed E-state index contributed by atoms with van der Waals surface area (Å²) in [5, 5.41) is 7.01. The number of nitrogens with one attached hydrogen (secondary N) is 1. The number of benzene rings is 2. The summed E-state index contributed by atoms with van der Waals surface area (Å²) in [5.74, 6) is -1.31. The number of rotatable bonds is 6. The number of aryl methyl sites for hydroxylation is 1. The van der Waals surface area contributed by atoms with Crippen LogP contribution in [-0.4, -0.2) is 34.0 Å². The van der Waals surface area contributed by atoms with Gasteiger partial charge in [0.2, 0.25) is 5.91 Å². The largest absolute Gasteiger partial charge is 0.454 e. The number of anilines is 1. The van der Waals surface area contributed by atoms with Crippen LogP contribution in [0.15, 0.2) is 54.6 Å². The van der Waals surface area contributed by atoms with Crippen molar-refractivity contribution in [3.63, 3.8) is 0 Å². The van der Waals surface area contributed by atoms with E-state index in [0.29, 0.717) is 22.6 Å². The molecule has 7 nitrogen and oxygen atoms in total. The van der Waals surface area contributed by atoms with Crippen molar-refractivity contribution in [1.82, 2.24) is 9.78 Å². The molecule has 0 fully saturated rings. The van der Waals surface area contributed by atoms with Crippen LogP contribution in [0, 0.1) is 6.92 Å². The van der Waals surface area contributed by atoms with Crippen LogP contribution in [0.1, 0.15) is 33.3 Å². The summed E-state index contributed by atoms with van der Waals surface area (Å²) in [6.07, 6.45) is 0. The second kappa shape index (κ2) is 8.70.